The van der Waals surface area contributed by atoms with Crippen molar-refractivity contribution >= 4 is 16.7 Å². The normalized spacial score (nSPS) is 23.3. The number of aryl methyl sites for hydroxylation is 2. The molecule has 3 aliphatic rings. The van der Waals surface area contributed by atoms with Crippen LogP contribution in [0.5, 0.6) is 0 Å². The Morgan fingerprint density at radius 2 is 1.45 bits per heavy atom. The zero-order valence-electron chi connectivity index (χ0n) is 21.7. The van der Waals surface area contributed by atoms with Gasteiger partial charge in [0.1, 0.15) is 0 Å². The highest BCUT2D eigenvalue weighted by molar-refractivity contribution is 7.86. The van der Waals surface area contributed by atoms with Gasteiger partial charge in [-0.1, -0.05) is 49.6 Å². The summed E-state index contributed by atoms with van der Waals surface area (Å²) in [7, 11) is -1.80. The van der Waals surface area contributed by atoms with Crippen molar-refractivity contribution < 1.29 is 39.7 Å². The van der Waals surface area contributed by atoms with Gasteiger partial charge in [0.2, 0.25) is 5.91 Å². The number of hydrogen-bond acceptors (Lipinski definition) is 2. The number of fused-ring (bicyclic) bond motifs is 1. The van der Waals surface area contributed by atoms with Crippen molar-refractivity contribution in [3.05, 3.63) is 64.7 Å². The summed E-state index contributed by atoms with van der Waals surface area (Å²) in [6.45, 7) is 0.261. The van der Waals surface area contributed by atoms with E-state index in [4.69, 9.17) is 0 Å². The molecule has 0 N–H and O–H groups in total. The van der Waals surface area contributed by atoms with E-state index in [1.165, 1.54) is 0 Å². The second kappa shape index (κ2) is 10.4. The van der Waals surface area contributed by atoms with Crippen LogP contribution < -0.4 is 0 Å². The maximum absolute atomic E-state index is 14.7. The fourth-order valence-corrected chi connectivity index (χ4v) is 8.24. The molecule has 2 fully saturated rings. The van der Waals surface area contributed by atoms with Crippen LogP contribution in [0.4, 0.5) is 30.7 Å². The van der Waals surface area contributed by atoms with E-state index in [1.807, 2.05) is 12.1 Å². The highest BCUT2D eigenvalue weighted by Crippen LogP contribution is 2.53. The van der Waals surface area contributed by atoms with Crippen molar-refractivity contribution in [1.29, 1.82) is 0 Å². The van der Waals surface area contributed by atoms with Crippen LogP contribution >= 0.6 is 0 Å². The van der Waals surface area contributed by atoms with Crippen LogP contribution in [-0.4, -0.2) is 40.5 Å². The number of benzene rings is 2. The van der Waals surface area contributed by atoms with Crippen LogP contribution in [0.25, 0.3) is 0 Å². The van der Waals surface area contributed by atoms with E-state index in [-0.39, 0.29) is 36.9 Å². The summed E-state index contributed by atoms with van der Waals surface area (Å²) in [5.74, 6) is -0.229. The van der Waals surface area contributed by atoms with Crippen LogP contribution in [0.3, 0.4) is 0 Å². The Hall–Kier alpha value is -2.43. The van der Waals surface area contributed by atoms with Crippen molar-refractivity contribution in [2.24, 2.45) is 5.92 Å². The molecule has 40 heavy (non-hydrogen) atoms. The van der Waals surface area contributed by atoms with Crippen molar-refractivity contribution in [3.8, 4) is 0 Å². The molecule has 1 heterocycles. The van der Waals surface area contributed by atoms with E-state index in [1.54, 1.807) is 11.0 Å². The smallest absolute Gasteiger partial charge is 0.341 e. The Morgan fingerprint density at radius 1 is 0.825 bits per heavy atom. The number of rotatable bonds is 5. The lowest BCUT2D eigenvalue weighted by Crippen LogP contribution is -2.50. The Kier molecular flexibility index (Phi) is 7.59. The lowest BCUT2D eigenvalue weighted by atomic mass is 9.88. The predicted octanol–water partition coefficient (Wildman–Crippen LogP) is 7.28. The minimum Gasteiger partial charge on any atom is -0.341 e. The quantitative estimate of drug-likeness (QED) is 0.344. The number of carbonyl (C=O) groups excluding carboxylic acids is 1. The first-order chi connectivity index (χ1) is 18.8. The van der Waals surface area contributed by atoms with Gasteiger partial charge < -0.3 is 4.90 Å². The van der Waals surface area contributed by atoms with Crippen LogP contribution in [0, 0.1) is 5.92 Å². The number of carbonyl (C=O) groups is 1. The summed E-state index contributed by atoms with van der Waals surface area (Å²) in [5, 5.41) is 0. The molecule has 5 rings (SSSR count). The van der Waals surface area contributed by atoms with Gasteiger partial charge in [0, 0.05) is 29.5 Å². The Morgan fingerprint density at radius 3 is 2.08 bits per heavy atom. The van der Waals surface area contributed by atoms with Gasteiger partial charge in [0.15, 0.2) is 0 Å². The van der Waals surface area contributed by atoms with E-state index < -0.39 is 39.1 Å². The summed E-state index contributed by atoms with van der Waals surface area (Å²) in [6.07, 6.45) is -5.15. The molecule has 0 radical (unpaired) electrons. The summed E-state index contributed by atoms with van der Waals surface area (Å²) in [5.41, 5.74) is -4.73. The molecule has 0 spiro atoms. The molecule has 2 aromatic rings. The van der Waals surface area contributed by atoms with Gasteiger partial charge in [-0.25, -0.2) is 4.39 Å². The SMILES string of the molecule is O=C(C1CCCCC1)N1CCC(c2ccc(C(F)(C(F)(F)F)C(F)(F)F)cc2)(S(=O)c2ccc3c(c2)CCC3)C1. The average molecular weight is 590 g/mol. The fraction of sp³-hybridized carbons (Fsp3) is 0.552. The first kappa shape index (κ1) is 29.1. The molecule has 1 amide bonds. The molecule has 2 atom stereocenters. The first-order valence-corrected chi connectivity index (χ1v) is 14.7. The minimum atomic E-state index is -6.23. The molecule has 3 nitrogen and oxygen atoms in total. The van der Waals surface area contributed by atoms with Gasteiger partial charge in [-0.05, 0) is 67.3 Å². The molecule has 2 aromatic carbocycles. The number of amides is 1. The molecule has 1 saturated heterocycles. The zero-order valence-corrected chi connectivity index (χ0v) is 22.5. The van der Waals surface area contributed by atoms with Gasteiger partial charge in [-0.2, -0.15) is 26.3 Å². The molecular formula is C29H30F7NO2S. The second-order valence-electron chi connectivity index (χ2n) is 11.1. The van der Waals surface area contributed by atoms with E-state index in [0.717, 1.165) is 74.6 Å². The molecule has 0 bridgehead atoms. The molecule has 2 unspecified atom stereocenters. The van der Waals surface area contributed by atoms with Gasteiger partial charge >= 0.3 is 18.0 Å². The molecule has 1 saturated carbocycles. The highest BCUT2D eigenvalue weighted by Gasteiger charge is 2.73. The van der Waals surface area contributed by atoms with Gasteiger partial charge in [-0.15, -0.1) is 0 Å². The van der Waals surface area contributed by atoms with Crippen LogP contribution in [-0.2, 0) is 38.9 Å². The topological polar surface area (TPSA) is 37.4 Å². The molecule has 1 aliphatic heterocycles. The number of likely N-dealkylation sites (tertiary alicyclic amines) is 1. The summed E-state index contributed by atoms with van der Waals surface area (Å²) < 4.78 is 108. The lowest BCUT2D eigenvalue weighted by molar-refractivity contribution is -0.348. The first-order valence-electron chi connectivity index (χ1n) is 13.5. The number of hydrogen-bond donors (Lipinski definition) is 0. The lowest BCUT2D eigenvalue weighted by Gasteiger charge is -2.33. The average Bonchev–Trinajstić information content (AvgIpc) is 3.59. The minimum absolute atomic E-state index is 0.00465. The van der Waals surface area contributed by atoms with E-state index in [0.29, 0.717) is 17.0 Å². The van der Waals surface area contributed by atoms with Gasteiger partial charge in [-0.3, -0.25) is 9.00 Å². The van der Waals surface area contributed by atoms with E-state index in [2.05, 4.69) is 0 Å². The van der Waals surface area contributed by atoms with Crippen molar-refractivity contribution in [1.82, 2.24) is 4.90 Å². The fourth-order valence-electron chi connectivity index (χ4n) is 6.45. The molecule has 2 aliphatic carbocycles. The third-order valence-electron chi connectivity index (χ3n) is 8.73. The Balaban J connectivity index is 1.53. The number of alkyl halides is 7. The molecular weight excluding hydrogens is 559 g/mol. The predicted molar refractivity (Wildman–Crippen MR) is 136 cm³/mol. The number of halogens is 7. The third-order valence-corrected chi connectivity index (χ3v) is 10.7. The van der Waals surface area contributed by atoms with Crippen LogP contribution in [0.1, 0.15) is 67.2 Å². The second-order valence-corrected chi connectivity index (χ2v) is 12.9. The van der Waals surface area contributed by atoms with E-state index >= 15 is 0 Å². The molecule has 11 heteroatoms. The van der Waals surface area contributed by atoms with E-state index in [9.17, 15) is 39.7 Å². The zero-order chi connectivity index (χ0) is 28.9. The number of nitrogens with zero attached hydrogens (tertiary/aromatic N) is 1. The van der Waals surface area contributed by atoms with Crippen molar-refractivity contribution in [3.63, 3.8) is 0 Å². The van der Waals surface area contributed by atoms with Crippen molar-refractivity contribution in [2.45, 2.75) is 85.5 Å². The maximum atomic E-state index is 14.7. The standard InChI is InChI=1S/C29H30F7NO2S/c30-27(28(31,32)33,29(34,35)36)23-12-10-22(11-13-23)26(40(39)24-14-9-19-7-4-8-21(19)17-24)15-16-37(18-26)25(38)20-5-2-1-3-6-20/h9-14,17,20H,1-8,15-16,18H2. The molecule has 218 valence electrons. The van der Waals surface area contributed by atoms with Crippen molar-refractivity contribution in [2.75, 3.05) is 13.1 Å². The van der Waals surface area contributed by atoms with Gasteiger partial charge in [0.05, 0.1) is 15.5 Å². The Labute approximate surface area is 230 Å². The van der Waals surface area contributed by atoms with Crippen LogP contribution in [0.15, 0.2) is 47.4 Å². The monoisotopic (exact) mass is 589 g/mol. The molecule has 0 aromatic heterocycles. The summed E-state index contributed by atoms with van der Waals surface area (Å²) >= 11 is 0. The van der Waals surface area contributed by atoms with Gasteiger partial charge in [0.25, 0.3) is 0 Å². The third kappa shape index (κ3) is 4.86. The largest absolute Gasteiger partial charge is 0.435 e. The summed E-state index contributed by atoms with van der Waals surface area (Å²) in [6, 6.07) is 8.44. The maximum Gasteiger partial charge on any atom is 0.435 e. The summed E-state index contributed by atoms with van der Waals surface area (Å²) in [4.78, 5) is 15.5. The van der Waals surface area contributed by atoms with Crippen LogP contribution in [0.2, 0.25) is 0 Å². The Bertz CT molecular complexity index is 1270. The highest BCUT2D eigenvalue weighted by atomic mass is 32.2.